The first-order valence-corrected chi connectivity index (χ1v) is 7.93. The summed E-state index contributed by atoms with van der Waals surface area (Å²) < 4.78 is 2.96. The van der Waals surface area contributed by atoms with Crippen molar-refractivity contribution in [3.8, 4) is 5.69 Å². The highest BCUT2D eigenvalue weighted by Crippen LogP contribution is 2.26. The first-order chi connectivity index (χ1) is 9.54. The van der Waals surface area contributed by atoms with Crippen molar-refractivity contribution in [2.75, 3.05) is 6.54 Å². The van der Waals surface area contributed by atoms with Crippen molar-refractivity contribution >= 4 is 27.5 Å². The number of hydrogen-bond donors (Lipinski definition) is 1. The number of benzene rings is 1. The molecule has 0 atom stereocenters. The van der Waals surface area contributed by atoms with Crippen LogP contribution in [0.2, 0.25) is 5.02 Å². The van der Waals surface area contributed by atoms with Gasteiger partial charge in [0, 0.05) is 11.0 Å². The highest BCUT2D eigenvalue weighted by Gasteiger charge is 2.13. The van der Waals surface area contributed by atoms with Crippen molar-refractivity contribution in [3.05, 3.63) is 44.6 Å². The minimum absolute atomic E-state index is 0.734. The molecule has 0 spiro atoms. The van der Waals surface area contributed by atoms with Gasteiger partial charge >= 0.3 is 0 Å². The van der Waals surface area contributed by atoms with Crippen LogP contribution in [0.4, 0.5) is 0 Å². The average molecular weight is 357 g/mol. The van der Waals surface area contributed by atoms with Gasteiger partial charge in [0.05, 0.1) is 22.1 Å². The van der Waals surface area contributed by atoms with Crippen LogP contribution in [0, 0.1) is 13.8 Å². The van der Waals surface area contributed by atoms with E-state index in [1.807, 2.05) is 18.5 Å². The smallest absolute Gasteiger partial charge is 0.0848 e. The lowest BCUT2D eigenvalue weighted by Crippen LogP contribution is -2.16. The third-order valence-corrected chi connectivity index (χ3v) is 4.26. The van der Waals surface area contributed by atoms with Gasteiger partial charge in [-0.3, -0.25) is 0 Å². The molecular formula is C15H19BrClN3. The zero-order chi connectivity index (χ0) is 14.7. The van der Waals surface area contributed by atoms with Gasteiger partial charge in [0.2, 0.25) is 0 Å². The fraction of sp³-hybridized carbons (Fsp3) is 0.400. The molecule has 5 heteroatoms. The summed E-state index contributed by atoms with van der Waals surface area (Å²) in [4.78, 5) is 0. The second-order valence-electron chi connectivity index (χ2n) is 4.85. The standard InChI is InChI=1S/C15H19BrClN3/c1-4-7-18-9-12-5-6-13(16)8-14(12)20-11(3)15(17)10(2)19-20/h5-6,8,18H,4,7,9H2,1-3H3. The first kappa shape index (κ1) is 15.5. The lowest BCUT2D eigenvalue weighted by atomic mass is 10.1. The van der Waals surface area contributed by atoms with Gasteiger partial charge in [-0.25, -0.2) is 4.68 Å². The van der Waals surface area contributed by atoms with Crippen molar-refractivity contribution in [1.29, 1.82) is 0 Å². The van der Waals surface area contributed by atoms with Gasteiger partial charge in [-0.05, 0) is 44.5 Å². The number of rotatable bonds is 5. The van der Waals surface area contributed by atoms with E-state index in [-0.39, 0.29) is 0 Å². The fourth-order valence-electron chi connectivity index (χ4n) is 2.14. The zero-order valence-corrected chi connectivity index (χ0v) is 14.3. The van der Waals surface area contributed by atoms with Crippen LogP contribution in [0.3, 0.4) is 0 Å². The maximum absolute atomic E-state index is 6.26. The molecule has 20 heavy (non-hydrogen) atoms. The van der Waals surface area contributed by atoms with Crippen molar-refractivity contribution in [1.82, 2.24) is 15.1 Å². The molecule has 3 nitrogen and oxygen atoms in total. The summed E-state index contributed by atoms with van der Waals surface area (Å²) in [6.45, 7) is 7.92. The molecule has 1 N–H and O–H groups in total. The number of halogens is 2. The normalized spacial score (nSPS) is 11.1. The average Bonchev–Trinajstić information content (AvgIpc) is 2.68. The summed E-state index contributed by atoms with van der Waals surface area (Å²) in [5.74, 6) is 0. The molecular weight excluding hydrogens is 338 g/mol. The van der Waals surface area contributed by atoms with E-state index in [0.29, 0.717) is 0 Å². The third-order valence-electron chi connectivity index (χ3n) is 3.22. The van der Waals surface area contributed by atoms with E-state index in [1.54, 1.807) is 0 Å². The molecule has 0 aliphatic heterocycles. The first-order valence-electron chi connectivity index (χ1n) is 6.75. The molecule has 0 saturated carbocycles. The Balaban J connectivity index is 2.43. The van der Waals surface area contributed by atoms with Gasteiger partial charge < -0.3 is 5.32 Å². The van der Waals surface area contributed by atoms with Gasteiger partial charge in [-0.2, -0.15) is 5.10 Å². The van der Waals surface area contributed by atoms with Crippen LogP contribution >= 0.6 is 27.5 Å². The van der Waals surface area contributed by atoms with Crippen molar-refractivity contribution in [2.24, 2.45) is 0 Å². The summed E-state index contributed by atoms with van der Waals surface area (Å²) in [6.07, 6.45) is 1.12. The van der Waals surface area contributed by atoms with Gasteiger partial charge in [0.1, 0.15) is 0 Å². The Bertz CT molecular complexity index is 607. The molecule has 0 unspecified atom stereocenters. The summed E-state index contributed by atoms with van der Waals surface area (Å²) in [5.41, 5.74) is 4.11. The van der Waals surface area contributed by atoms with E-state index in [0.717, 1.165) is 46.1 Å². The van der Waals surface area contributed by atoms with Crippen LogP contribution in [0.25, 0.3) is 5.69 Å². The summed E-state index contributed by atoms with van der Waals surface area (Å²) in [6, 6.07) is 6.25. The Morgan fingerprint density at radius 2 is 2.10 bits per heavy atom. The molecule has 1 heterocycles. The number of aromatic nitrogens is 2. The minimum Gasteiger partial charge on any atom is -0.313 e. The molecule has 0 amide bonds. The maximum atomic E-state index is 6.26. The van der Waals surface area contributed by atoms with Crippen molar-refractivity contribution in [2.45, 2.75) is 33.7 Å². The number of nitrogens with zero attached hydrogens (tertiary/aromatic N) is 2. The molecule has 0 radical (unpaired) electrons. The van der Waals surface area contributed by atoms with E-state index in [1.165, 1.54) is 5.56 Å². The Hall–Kier alpha value is -0.840. The van der Waals surface area contributed by atoms with Crippen molar-refractivity contribution in [3.63, 3.8) is 0 Å². The summed E-state index contributed by atoms with van der Waals surface area (Å²) in [7, 11) is 0. The SMILES string of the molecule is CCCNCc1ccc(Br)cc1-n1nc(C)c(Cl)c1C. The minimum atomic E-state index is 0.734. The van der Waals surface area contributed by atoms with Crippen LogP contribution in [0.1, 0.15) is 30.3 Å². The van der Waals surface area contributed by atoms with Gasteiger partial charge in [0.25, 0.3) is 0 Å². The molecule has 1 aromatic carbocycles. The van der Waals surface area contributed by atoms with E-state index in [4.69, 9.17) is 11.6 Å². The highest BCUT2D eigenvalue weighted by atomic mass is 79.9. The van der Waals surface area contributed by atoms with Gasteiger partial charge in [0.15, 0.2) is 0 Å². The quantitative estimate of drug-likeness (QED) is 0.804. The molecule has 0 aliphatic rings. The highest BCUT2D eigenvalue weighted by molar-refractivity contribution is 9.10. The topological polar surface area (TPSA) is 29.9 Å². The number of aryl methyl sites for hydroxylation is 1. The second kappa shape index (κ2) is 6.74. The predicted molar refractivity (Wildman–Crippen MR) is 87.7 cm³/mol. The van der Waals surface area contributed by atoms with Crippen LogP contribution in [-0.4, -0.2) is 16.3 Å². The van der Waals surface area contributed by atoms with Crippen LogP contribution < -0.4 is 5.32 Å². The summed E-state index contributed by atoms with van der Waals surface area (Å²) in [5, 5.41) is 8.71. The molecule has 0 aliphatic carbocycles. The molecule has 0 fully saturated rings. The zero-order valence-electron chi connectivity index (χ0n) is 12.0. The fourth-order valence-corrected chi connectivity index (χ4v) is 2.61. The third kappa shape index (κ3) is 3.25. The lowest BCUT2D eigenvalue weighted by molar-refractivity contribution is 0.669. The molecule has 1 aromatic heterocycles. The lowest BCUT2D eigenvalue weighted by Gasteiger charge is -2.12. The van der Waals surface area contributed by atoms with E-state index in [9.17, 15) is 0 Å². The largest absolute Gasteiger partial charge is 0.313 e. The Morgan fingerprint density at radius 3 is 2.70 bits per heavy atom. The van der Waals surface area contributed by atoms with Gasteiger partial charge in [-0.15, -0.1) is 0 Å². The van der Waals surface area contributed by atoms with Crippen LogP contribution in [-0.2, 0) is 6.54 Å². The van der Waals surface area contributed by atoms with Crippen LogP contribution in [0.15, 0.2) is 22.7 Å². The van der Waals surface area contributed by atoms with E-state index in [2.05, 4.69) is 51.5 Å². The second-order valence-corrected chi connectivity index (χ2v) is 6.14. The molecule has 0 bridgehead atoms. The van der Waals surface area contributed by atoms with Gasteiger partial charge in [-0.1, -0.05) is 40.5 Å². The van der Waals surface area contributed by atoms with E-state index < -0.39 is 0 Å². The van der Waals surface area contributed by atoms with Crippen molar-refractivity contribution < 1.29 is 0 Å². The molecule has 2 aromatic rings. The van der Waals surface area contributed by atoms with E-state index >= 15 is 0 Å². The number of nitrogens with one attached hydrogen (secondary N) is 1. The molecule has 108 valence electrons. The monoisotopic (exact) mass is 355 g/mol. The number of hydrogen-bond acceptors (Lipinski definition) is 2. The molecule has 2 rings (SSSR count). The maximum Gasteiger partial charge on any atom is 0.0848 e. The Labute approximate surface area is 133 Å². The Kier molecular flexibility index (Phi) is 5.24. The summed E-state index contributed by atoms with van der Waals surface area (Å²) >= 11 is 9.79. The Morgan fingerprint density at radius 1 is 1.35 bits per heavy atom. The predicted octanol–water partition coefficient (Wildman–Crippen LogP) is 4.40. The van der Waals surface area contributed by atoms with Crippen LogP contribution in [0.5, 0.6) is 0 Å². The molecule has 0 saturated heterocycles.